The average molecular weight is 386 g/mol. The van der Waals surface area contributed by atoms with Crippen molar-refractivity contribution in [2.45, 2.75) is 31.6 Å². The second-order valence-electron chi connectivity index (χ2n) is 7.67. The van der Waals surface area contributed by atoms with Gasteiger partial charge in [0, 0.05) is 23.6 Å². The predicted molar refractivity (Wildman–Crippen MR) is 110 cm³/mol. The highest BCUT2D eigenvalue weighted by molar-refractivity contribution is 6.01. The number of anilines is 1. The monoisotopic (exact) mass is 386 g/mol. The quantitative estimate of drug-likeness (QED) is 0.690. The van der Waals surface area contributed by atoms with Gasteiger partial charge in [-0.05, 0) is 42.5 Å². The number of carbonyl (C=O) groups is 1. The highest BCUT2D eigenvalue weighted by Crippen LogP contribution is 2.48. The second kappa shape index (κ2) is 6.92. The van der Waals surface area contributed by atoms with E-state index in [2.05, 4.69) is 22.6 Å². The molecule has 5 rings (SSSR count). The first-order valence-corrected chi connectivity index (χ1v) is 9.84. The van der Waals surface area contributed by atoms with Crippen LogP contribution >= 0.6 is 0 Å². The van der Waals surface area contributed by atoms with Crippen LogP contribution in [0.3, 0.4) is 0 Å². The minimum atomic E-state index is -0.141. The fraction of sp³-hybridized carbons (Fsp3) is 0.250. The standard InChI is InChI=1S/C24H22N2O3/c1-14-21-22(16-6-4-3-5-7-16)23-19(25-24(21)29-26-14)12-17(13-20(23)27)15-8-10-18(28-2)11-9-15/h3-11,17,22,25H,12-13H2,1-2H3/t17-,22+/m1/s1. The molecule has 0 radical (unpaired) electrons. The topological polar surface area (TPSA) is 64.4 Å². The maximum absolute atomic E-state index is 13.4. The van der Waals surface area contributed by atoms with Crippen LogP contribution in [0.1, 0.15) is 47.1 Å². The van der Waals surface area contributed by atoms with E-state index in [0.29, 0.717) is 12.3 Å². The summed E-state index contributed by atoms with van der Waals surface area (Å²) in [6.45, 7) is 1.93. The lowest BCUT2D eigenvalue weighted by atomic mass is 9.72. The molecular weight excluding hydrogens is 364 g/mol. The first kappa shape index (κ1) is 17.7. The number of rotatable bonds is 3. The van der Waals surface area contributed by atoms with Crippen molar-refractivity contribution in [2.24, 2.45) is 0 Å². The summed E-state index contributed by atoms with van der Waals surface area (Å²) >= 11 is 0. The third-order valence-corrected chi connectivity index (χ3v) is 5.98. The van der Waals surface area contributed by atoms with Crippen LogP contribution in [0.25, 0.3) is 0 Å². The van der Waals surface area contributed by atoms with Crippen LogP contribution < -0.4 is 10.1 Å². The molecule has 2 aromatic carbocycles. The van der Waals surface area contributed by atoms with E-state index in [9.17, 15) is 4.79 Å². The number of aromatic nitrogens is 1. The van der Waals surface area contributed by atoms with E-state index in [4.69, 9.17) is 9.26 Å². The Balaban J connectivity index is 1.57. The summed E-state index contributed by atoms with van der Waals surface area (Å²) in [5.41, 5.74) is 5.80. The smallest absolute Gasteiger partial charge is 0.233 e. The third kappa shape index (κ3) is 2.94. The molecule has 3 aromatic rings. The van der Waals surface area contributed by atoms with Crippen molar-refractivity contribution in [3.8, 4) is 5.75 Å². The molecule has 5 heteroatoms. The molecule has 2 atom stereocenters. The van der Waals surface area contributed by atoms with Crippen molar-refractivity contribution in [3.05, 3.63) is 88.3 Å². The van der Waals surface area contributed by atoms with Crippen LogP contribution in [0.4, 0.5) is 5.88 Å². The zero-order chi connectivity index (χ0) is 20.0. The number of hydrogen-bond donors (Lipinski definition) is 1. The number of allylic oxidation sites excluding steroid dienone is 2. The normalized spacial score (nSPS) is 20.7. The van der Waals surface area contributed by atoms with Crippen LogP contribution in [0.5, 0.6) is 5.75 Å². The van der Waals surface area contributed by atoms with Crippen molar-refractivity contribution in [2.75, 3.05) is 12.4 Å². The molecule has 5 nitrogen and oxygen atoms in total. The Morgan fingerprint density at radius 3 is 2.52 bits per heavy atom. The van der Waals surface area contributed by atoms with E-state index in [1.54, 1.807) is 7.11 Å². The minimum absolute atomic E-state index is 0.127. The highest BCUT2D eigenvalue weighted by atomic mass is 16.5. The molecule has 2 heterocycles. The second-order valence-corrected chi connectivity index (χ2v) is 7.67. The van der Waals surface area contributed by atoms with Crippen LogP contribution in [0.2, 0.25) is 0 Å². The number of hydrogen-bond acceptors (Lipinski definition) is 5. The largest absolute Gasteiger partial charge is 0.497 e. The molecule has 0 spiro atoms. The molecule has 29 heavy (non-hydrogen) atoms. The third-order valence-electron chi connectivity index (χ3n) is 5.98. The maximum Gasteiger partial charge on any atom is 0.233 e. The van der Waals surface area contributed by atoms with Crippen molar-refractivity contribution in [1.29, 1.82) is 0 Å². The summed E-state index contributed by atoms with van der Waals surface area (Å²) < 4.78 is 10.8. The van der Waals surface area contributed by atoms with Gasteiger partial charge in [-0.15, -0.1) is 0 Å². The summed E-state index contributed by atoms with van der Waals surface area (Å²) in [4.78, 5) is 13.4. The molecule has 1 aliphatic heterocycles. The highest BCUT2D eigenvalue weighted by Gasteiger charge is 2.40. The number of ether oxygens (including phenoxy) is 1. The van der Waals surface area contributed by atoms with Gasteiger partial charge in [0.25, 0.3) is 0 Å². The van der Waals surface area contributed by atoms with Crippen LogP contribution in [0, 0.1) is 6.92 Å². The first-order valence-electron chi connectivity index (χ1n) is 9.84. The first-order chi connectivity index (χ1) is 14.2. The summed E-state index contributed by atoms with van der Waals surface area (Å²) in [7, 11) is 1.66. The van der Waals surface area contributed by atoms with Gasteiger partial charge in [0.2, 0.25) is 5.88 Å². The lowest BCUT2D eigenvalue weighted by Crippen LogP contribution is -2.29. The van der Waals surface area contributed by atoms with Crippen molar-refractivity contribution < 1.29 is 14.1 Å². The predicted octanol–water partition coefficient (Wildman–Crippen LogP) is 4.95. The van der Waals surface area contributed by atoms with Crippen molar-refractivity contribution in [1.82, 2.24) is 5.16 Å². The molecule has 0 fully saturated rings. The lowest BCUT2D eigenvalue weighted by Gasteiger charge is -2.34. The number of benzene rings is 2. The Bertz CT molecular complexity index is 1100. The van der Waals surface area contributed by atoms with E-state index in [0.717, 1.165) is 45.8 Å². The summed E-state index contributed by atoms with van der Waals surface area (Å²) in [5, 5.41) is 7.54. The van der Waals surface area contributed by atoms with E-state index in [1.807, 2.05) is 49.4 Å². The average Bonchev–Trinajstić information content (AvgIpc) is 3.13. The Morgan fingerprint density at radius 1 is 1.03 bits per heavy atom. The van der Waals surface area contributed by atoms with Gasteiger partial charge in [-0.25, -0.2) is 0 Å². The Kier molecular flexibility index (Phi) is 4.23. The molecule has 0 amide bonds. The number of nitrogens with one attached hydrogen (secondary N) is 1. The van der Waals surface area contributed by atoms with Crippen molar-refractivity contribution >= 4 is 11.7 Å². The maximum atomic E-state index is 13.4. The molecule has 0 saturated carbocycles. The number of ketones is 1. The summed E-state index contributed by atoms with van der Waals surface area (Å²) in [6, 6.07) is 18.1. The van der Waals surface area contributed by atoms with E-state index in [-0.39, 0.29) is 17.6 Å². The van der Waals surface area contributed by atoms with Crippen molar-refractivity contribution in [3.63, 3.8) is 0 Å². The van der Waals surface area contributed by atoms with E-state index in [1.165, 1.54) is 0 Å². The molecule has 2 aliphatic rings. The Hall–Kier alpha value is -3.34. The Labute approximate surface area is 169 Å². The van der Waals surface area contributed by atoms with E-state index < -0.39 is 0 Å². The molecule has 0 unspecified atom stereocenters. The molecule has 1 aliphatic carbocycles. The van der Waals surface area contributed by atoms with Gasteiger partial charge in [-0.1, -0.05) is 47.6 Å². The Morgan fingerprint density at radius 2 is 1.79 bits per heavy atom. The van der Waals surface area contributed by atoms with Gasteiger partial charge < -0.3 is 14.6 Å². The fourth-order valence-corrected chi connectivity index (χ4v) is 4.56. The zero-order valence-electron chi connectivity index (χ0n) is 16.4. The van der Waals surface area contributed by atoms with Gasteiger partial charge in [-0.3, -0.25) is 4.79 Å². The molecular formula is C24H22N2O3. The van der Waals surface area contributed by atoms with Gasteiger partial charge in [0.15, 0.2) is 5.78 Å². The number of methoxy groups -OCH3 is 1. The van der Waals surface area contributed by atoms with Gasteiger partial charge in [-0.2, -0.15) is 0 Å². The molecule has 0 saturated heterocycles. The number of fused-ring (bicyclic) bond motifs is 1. The van der Waals surface area contributed by atoms with Crippen LogP contribution in [-0.2, 0) is 4.79 Å². The zero-order valence-corrected chi connectivity index (χ0v) is 16.4. The minimum Gasteiger partial charge on any atom is -0.497 e. The number of aryl methyl sites for hydroxylation is 1. The lowest BCUT2D eigenvalue weighted by molar-refractivity contribution is -0.116. The SMILES string of the molecule is COc1ccc([C@H]2CC(=O)C3=C(C2)Nc2onc(C)c2[C@@H]3c2ccccc2)cc1. The van der Waals surface area contributed by atoms with Gasteiger partial charge in [0.1, 0.15) is 5.75 Å². The number of Topliss-reactive ketones (excluding diaryl/α,β-unsaturated/α-hetero) is 1. The van der Waals surface area contributed by atoms with Crippen LogP contribution in [0.15, 0.2) is 70.4 Å². The van der Waals surface area contributed by atoms with Gasteiger partial charge >= 0.3 is 0 Å². The fourth-order valence-electron chi connectivity index (χ4n) is 4.56. The van der Waals surface area contributed by atoms with Gasteiger partial charge in [0.05, 0.1) is 18.4 Å². The summed E-state index contributed by atoms with van der Waals surface area (Å²) in [6.07, 6.45) is 1.26. The van der Waals surface area contributed by atoms with Crippen LogP contribution in [-0.4, -0.2) is 18.0 Å². The number of carbonyl (C=O) groups excluding carboxylic acids is 1. The molecule has 146 valence electrons. The van der Waals surface area contributed by atoms with E-state index >= 15 is 0 Å². The molecule has 0 bridgehead atoms. The number of nitrogens with zero attached hydrogens (tertiary/aromatic N) is 1. The molecule has 1 aromatic heterocycles. The summed E-state index contributed by atoms with van der Waals surface area (Å²) in [5.74, 6) is 1.63. The molecule has 1 N–H and O–H groups in total.